The molecule has 14 heavy (non-hydrogen) atoms. The third-order valence-electron chi connectivity index (χ3n) is 1.54. The van der Waals surface area contributed by atoms with Crippen LogP contribution >= 0.6 is 0 Å². The lowest BCUT2D eigenvalue weighted by Crippen LogP contribution is -2.28. The molecule has 0 bridgehead atoms. The number of carbonyl (C=O) groups is 1. The smallest absolute Gasteiger partial charge is 0.226 e. The number of amides is 1. The number of aromatic nitrogens is 2. The van der Waals surface area contributed by atoms with Gasteiger partial charge in [-0.05, 0) is 5.16 Å². The van der Waals surface area contributed by atoms with Gasteiger partial charge in [0.05, 0.1) is 13.0 Å². The standard InChI is InChI=1S/C7H12N4O3/c1-13-3-2-9-6(12)4-5-7(8)11-14-10-5/h2-4H2,1H3,(H2,8,11)(H,9,12). The third-order valence-corrected chi connectivity index (χ3v) is 1.54. The van der Waals surface area contributed by atoms with Gasteiger partial charge in [0.2, 0.25) is 5.91 Å². The average molecular weight is 200 g/mol. The molecule has 0 radical (unpaired) electrons. The van der Waals surface area contributed by atoms with Gasteiger partial charge in [0.25, 0.3) is 0 Å². The van der Waals surface area contributed by atoms with Crippen molar-refractivity contribution >= 4 is 11.7 Å². The van der Waals surface area contributed by atoms with Crippen LogP contribution in [0.3, 0.4) is 0 Å². The highest BCUT2D eigenvalue weighted by molar-refractivity contribution is 5.79. The monoisotopic (exact) mass is 200 g/mol. The van der Waals surface area contributed by atoms with E-state index in [4.69, 9.17) is 10.5 Å². The van der Waals surface area contributed by atoms with Crippen LogP contribution < -0.4 is 11.1 Å². The molecule has 78 valence electrons. The molecule has 0 atom stereocenters. The van der Waals surface area contributed by atoms with Crippen molar-refractivity contribution in [2.45, 2.75) is 6.42 Å². The van der Waals surface area contributed by atoms with Crippen molar-refractivity contribution in [2.75, 3.05) is 26.0 Å². The van der Waals surface area contributed by atoms with E-state index in [-0.39, 0.29) is 18.1 Å². The zero-order valence-corrected chi connectivity index (χ0v) is 7.82. The molecule has 0 spiro atoms. The van der Waals surface area contributed by atoms with Crippen molar-refractivity contribution in [1.82, 2.24) is 15.6 Å². The zero-order chi connectivity index (χ0) is 10.4. The highest BCUT2D eigenvalue weighted by Crippen LogP contribution is 2.03. The lowest BCUT2D eigenvalue weighted by atomic mass is 10.3. The van der Waals surface area contributed by atoms with E-state index in [1.165, 1.54) is 0 Å². The van der Waals surface area contributed by atoms with E-state index in [1.807, 2.05) is 0 Å². The van der Waals surface area contributed by atoms with Gasteiger partial charge in [-0.25, -0.2) is 4.63 Å². The fourth-order valence-corrected chi connectivity index (χ4v) is 0.843. The van der Waals surface area contributed by atoms with E-state index in [9.17, 15) is 4.79 Å². The van der Waals surface area contributed by atoms with Gasteiger partial charge in [0.1, 0.15) is 5.69 Å². The van der Waals surface area contributed by atoms with Crippen LogP contribution in [0.4, 0.5) is 5.82 Å². The lowest BCUT2D eigenvalue weighted by molar-refractivity contribution is -0.120. The number of rotatable bonds is 5. The molecule has 1 aromatic heterocycles. The highest BCUT2D eigenvalue weighted by atomic mass is 16.6. The number of hydrogen-bond acceptors (Lipinski definition) is 6. The van der Waals surface area contributed by atoms with Crippen molar-refractivity contribution in [3.05, 3.63) is 5.69 Å². The zero-order valence-electron chi connectivity index (χ0n) is 7.82. The molecule has 3 N–H and O–H groups in total. The Bertz CT molecular complexity index is 299. The number of nitrogen functional groups attached to an aromatic ring is 1. The fraction of sp³-hybridized carbons (Fsp3) is 0.571. The van der Waals surface area contributed by atoms with Gasteiger partial charge < -0.3 is 15.8 Å². The Morgan fingerprint density at radius 2 is 2.43 bits per heavy atom. The van der Waals surface area contributed by atoms with E-state index in [0.717, 1.165) is 0 Å². The number of anilines is 1. The summed E-state index contributed by atoms with van der Waals surface area (Å²) in [6.07, 6.45) is 0.0685. The van der Waals surface area contributed by atoms with Crippen LogP contribution in [-0.2, 0) is 16.0 Å². The summed E-state index contributed by atoms with van der Waals surface area (Å²) in [7, 11) is 1.56. The van der Waals surface area contributed by atoms with Crippen LogP contribution in [0.5, 0.6) is 0 Å². The second-order valence-corrected chi connectivity index (χ2v) is 2.62. The predicted molar refractivity (Wildman–Crippen MR) is 47.3 cm³/mol. The topological polar surface area (TPSA) is 103 Å². The van der Waals surface area contributed by atoms with E-state index in [1.54, 1.807) is 7.11 Å². The Labute approximate surface area is 80.6 Å². The number of ether oxygens (including phenoxy) is 1. The molecule has 0 saturated carbocycles. The number of nitrogens with zero attached hydrogens (tertiary/aromatic N) is 2. The summed E-state index contributed by atoms with van der Waals surface area (Å²) in [5.74, 6) is -0.0451. The molecule has 0 saturated heterocycles. The van der Waals surface area contributed by atoms with Gasteiger partial charge in [-0.2, -0.15) is 0 Å². The Hall–Kier alpha value is -1.63. The highest BCUT2D eigenvalue weighted by Gasteiger charge is 2.10. The van der Waals surface area contributed by atoms with Gasteiger partial charge in [-0.3, -0.25) is 4.79 Å². The van der Waals surface area contributed by atoms with E-state index < -0.39 is 0 Å². The van der Waals surface area contributed by atoms with Crippen LogP contribution in [0.15, 0.2) is 4.63 Å². The maximum atomic E-state index is 11.2. The molecule has 1 rings (SSSR count). The average Bonchev–Trinajstić information content (AvgIpc) is 2.52. The quantitative estimate of drug-likeness (QED) is 0.588. The van der Waals surface area contributed by atoms with Crippen LogP contribution in [0.2, 0.25) is 0 Å². The summed E-state index contributed by atoms with van der Waals surface area (Å²) in [5.41, 5.74) is 5.72. The number of carbonyl (C=O) groups excluding carboxylic acids is 1. The first-order valence-electron chi connectivity index (χ1n) is 4.06. The number of hydrogen-bond donors (Lipinski definition) is 2. The first-order valence-corrected chi connectivity index (χ1v) is 4.06. The minimum Gasteiger partial charge on any atom is -0.383 e. The SMILES string of the molecule is COCCNC(=O)Cc1nonc1N. The minimum absolute atomic E-state index is 0.0685. The lowest BCUT2D eigenvalue weighted by Gasteiger charge is -2.01. The molecular formula is C7H12N4O3. The summed E-state index contributed by atoms with van der Waals surface area (Å²) in [6, 6.07) is 0. The van der Waals surface area contributed by atoms with Crippen LogP contribution in [0, 0.1) is 0 Å². The van der Waals surface area contributed by atoms with Gasteiger partial charge in [-0.1, -0.05) is 5.16 Å². The molecular weight excluding hydrogens is 188 g/mol. The van der Waals surface area contributed by atoms with Gasteiger partial charge in [0.15, 0.2) is 5.82 Å². The summed E-state index contributed by atoms with van der Waals surface area (Å²) < 4.78 is 9.11. The number of methoxy groups -OCH3 is 1. The van der Waals surface area contributed by atoms with Gasteiger partial charge >= 0.3 is 0 Å². The van der Waals surface area contributed by atoms with Crippen molar-refractivity contribution in [3.63, 3.8) is 0 Å². The molecule has 0 unspecified atom stereocenters. The van der Waals surface area contributed by atoms with Crippen molar-refractivity contribution in [1.29, 1.82) is 0 Å². The molecule has 7 heteroatoms. The fourth-order valence-electron chi connectivity index (χ4n) is 0.843. The van der Waals surface area contributed by atoms with E-state index >= 15 is 0 Å². The summed E-state index contributed by atoms with van der Waals surface area (Å²) in [6.45, 7) is 0.929. The maximum absolute atomic E-state index is 11.2. The number of nitrogens with one attached hydrogen (secondary N) is 1. The van der Waals surface area contributed by atoms with Gasteiger partial charge in [-0.15, -0.1) is 0 Å². The molecule has 0 fully saturated rings. The van der Waals surface area contributed by atoms with Crippen LogP contribution in [0.25, 0.3) is 0 Å². The Kier molecular flexibility index (Phi) is 3.86. The summed E-state index contributed by atoms with van der Waals surface area (Å²) >= 11 is 0. The Morgan fingerprint density at radius 3 is 3.00 bits per heavy atom. The van der Waals surface area contributed by atoms with E-state index in [2.05, 4.69) is 20.3 Å². The Balaban J connectivity index is 2.31. The normalized spacial score (nSPS) is 10.1. The summed E-state index contributed by atoms with van der Waals surface area (Å²) in [4.78, 5) is 11.2. The number of nitrogens with two attached hydrogens (primary N) is 1. The van der Waals surface area contributed by atoms with Crippen LogP contribution in [-0.4, -0.2) is 36.5 Å². The van der Waals surface area contributed by atoms with Gasteiger partial charge in [0, 0.05) is 13.7 Å². The molecule has 0 aliphatic heterocycles. The van der Waals surface area contributed by atoms with Crippen molar-refractivity contribution < 1.29 is 14.2 Å². The van der Waals surface area contributed by atoms with Crippen molar-refractivity contribution in [2.24, 2.45) is 0 Å². The van der Waals surface area contributed by atoms with Crippen molar-refractivity contribution in [3.8, 4) is 0 Å². The van der Waals surface area contributed by atoms with E-state index in [0.29, 0.717) is 18.8 Å². The molecule has 0 aliphatic rings. The molecule has 1 amide bonds. The second-order valence-electron chi connectivity index (χ2n) is 2.62. The first-order chi connectivity index (χ1) is 6.74. The molecule has 1 aromatic rings. The Morgan fingerprint density at radius 1 is 1.64 bits per heavy atom. The molecule has 0 aromatic carbocycles. The summed E-state index contributed by atoms with van der Waals surface area (Å²) in [5, 5.41) is 9.45. The molecule has 0 aliphatic carbocycles. The third kappa shape index (κ3) is 3.02. The largest absolute Gasteiger partial charge is 0.383 e. The molecule has 7 nitrogen and oxygen atoms in total. The first kappa shape index (κ1) is 10.5. The minimum atomic E-state index is -0.190. The second kappa shape index (κ2) is 5.18. The maximum Gasteiger partial charge on any atom is 0.226 e. The predicted octanol–water partition coefficient (Wildman–Crippen LogP) is -1.04. The molecule has 1 heterocycles. The van der Waals surface area contributed by atoms with Crippen LogP contribution in [0.1, 0.15) is 5.69 Å².